The number of benzene rings is 2. The predicted octanol–water partition coefficient (Wildman–Crippen LogP) is 1.76. The molecule has 0 spiro atoms. The lowest BCUT2D eigenvalue weighted by Crippen LogP contribution is -2.68. The molecular formula is C36H35N11O10S3. The highest BCUT2D eigenvalue weighted by molar-refractivity contribution is 8.03. The Morgan fingerprint density at radius 1 is 1.07 bits per heavy atom. The number of thioether (sulfide) groups is 2. The summed E-state index contributed by atoms with van der Waals surface area (Å²) in [6.45, 7) is 1.51. The number of nitro groups is 1. The first-order valence-corrected chi connectivity index (χ1v) is 20.8. The van der Waals surface area contributed by atoms with E-state index >= 15 is 0 Å². The molecule has 4 saturated heterocycles. The van der Waals surface area contributed by atoms with Crippen LogP contribution < -0.4 is 10.6 Å². The van der Waals surface area contributed by atoms with Crippen molar-refractivity contribution in [3.05, 3.63) is 93.5 Å². The van der Waals surface area contributed by atoms with Gasteiger partial charge in [-0.1, -0.05) is 58.3 Å². The maximum atomic E-state index is 14.2. The van der Waals surface area contributed by atoms with E-state index in [9.17, 15) is 43.7 Å². The Morgan fingerprint density at radius 3 is 2.53 bits per heavy atom. The van der Waals surface area contributed by atoms with Crippen LogP contribution in [-0.4, -0.2) is 143 Å². The molecular weight excluding hydrogens is 843 g/mol. The van der Waals surface area contributed by atoms with Crippen LogP contribution in [0.2, 0.25) is 0 Å². The molecule has 0 aliphatic carbocycles. The molecule has 4 fully saturated rings. The van der Waals surface area contributed by atoms with Crippen molar-refractivity contribution < 1.29 is 43.2 Å². The summed E-state index contributed by atoms with van der Waals surface area (Å²) in [5, 5.41) is 26.4. The van der Waals surface area contributed by atoms with Gasteiger partial charge in [0.2, 0.25) is 16.7 Å². The predicted molar refractivity (Wildman–Crippen MR) is 215 cm³/mol. The van der Waals surface area contributed by atoms with Crippen LogP contribution in [0.25, 0.3) is 0 Å². The van der Waals surface area contributed by atoms with E-state index in [0.29, 0.717) is 11.1 Å². The molecule has 4 aliphatic heterocycles. The Labute approximate surface area is 353 Å². The van der Waals surface area contributed by atoms with Crippen molar-refractivity contribution in [3.63, 3.8) is 0 Å². The number of non-ortho nitro benzene ring substituents is 1. The zero-order chi connectivity index (χ0) is 42.6. The summed E-state index contributed by atoms with van der Waals surface area (Å²) in [5.41, 5.74) is 0.591. The molecule has 8 amide bonds. The van der Waals surface area contributed by atoms with Crippen LogP contribution in [0.3, 0.4) is 0 Å². The van der Waals surface area contributed by atoms with Gasteiger partial charge in [0.15, 0.2) is 0 Å². The van der Waals surface area contributed by atoms with E-state index < -0.39 is 68.9 Å². The first kappa shape index (κ1) is 41.7. The summed E-state index contributed by atoms with van der Waals surface area (Å²) in [7, 11) is 0. The van der Waals surface area contributed by atoms with Gasteiger partial charge in [0.05, 0.1) is 24.2 Å². The number of urea groups is 2. The number of hydrazone groups is 1. The normalized spacial score (nSPS) is 22.1. The summed E-state index contributed by atoms with van der Waals surface area (Å²) in [6, 6.07) is 9.22. The van der Waals surface area contributed by atoms with Gasteiger partial charge in [-0.25, -0.2) is 19.4 Å². The summed E-state index contributed by atoms with van der Waals surface area (Å²) in [5.74, 6) is -4.15. The molecule has 5 heterocycles. The number of imide groups is 1. The van der Waals surface area contributed by atoms with Gasteiger partial charge in [0, 0.05) is 44.5 Å². The Kier molecular flexibility index (Phi) is 12.4. The zero-order valence-electron chi connectivity index (χ0n) is 31.5. The van der Waals surface area contributed by atoms with Crippen LogP contribution in [0, 0.1) is 10.1 Å². The average Bonchev–Trinajstić information content (AvgIpc) is 4.01. The maximum Gasteiger partial charge on any atom is 0.345 e. The van der Waals surface area contributed by atoms with Gasteiger partial charge in [0.25, 0.3) is 5.69 Å². The molecule has 0 radical (unpaired) electrons. The second-order valence-electron chi connectivity index (χ2n) is 13.4. The fraction of sp³-hybridized carbons (Fsp3) is 0.333. The number of carbonyl (C=O) groups excluding carboxylic acids is 7. The third-order valence-corrected chi connectivity index (χ3v) is 13.2. The molecule has 1 unspecified atom stereocenters. The molecule has 0 bridgehead atoms. The molecule has 1 aromatic heterocycles. The number of aromatic nitrogens is 2. The second-order valence-corrected chi connectivity index (χ2v) is 16.8. The zero-order valence-corrected chi connectivity index (χ0v) is 34.0. The van der Waals surface area contributed by atoms with Crippen molar-refractivity contribution >= 4 is 88.6 Å². The summed E-state index contributed by atoms with van der Waals surface area (Å²) in [4.78, 5) is 108. The van der Waals surface area contributed by atoms with Crippen LogP contribution in [0.5, 0.6) is 0 Å². The van der Waals surface area contributed by atoms with E-state index in [2.05, 4.69) is 25.3 Å². The second kappa shape index (κ2) is 17.8. The molecule has 24 heteroatoms. The molecule has 60 heavy (non-hydrogen) atoms. The number of hydrogen-bond acceptors (Lipinski definition) is 16. The smallest absolute Gasteiger partial charge is 0.345 e. The Balaban J connectivity index is 1.08. The number of hydrogen-bond donors (Lipinski definition) is 2. The number of fused-ring (bicyclic) bond motifs is 1. The first-order valence-electron chi connectivity index (χ1n) is 18.3. The lowest BCUT2D eigenvalue weighted by Gasteiger charge is -2.41. The molecule has 21 nitrogen and oxygen atoms in total. The molecule has 3 aromatic rings. The fourth-order valence-corrected chi connectivity index (χ4v) is 9.55. The quantitative estimate of drug-likeness (QED) is 0.0446. The van der Waals surface area contributed by atoms with Gasteiger partial charge in [-0.05, 0) is 53.2 Å². The highest BCUT2D eigenvalue weighted by Gasteiger charge is 2.67. The summed E-state index contributed by atoms with van der Waals surface area (Å²) in [6.07, 6.45) is 4.63. The number of β-lactam (4-membered cyclic amide) rings is 1. The fourth-order valence-electron chi connectivity index (χ4n) is 6.76. The van der Waals surface area contributed by atoms with Crippen molar-refractivity contribution in [3.8, 4) is 0 Å². The Morgan fingerprint density at radius 2 is 1.83 bits per heavy atom. The number of rotatable bonds is 14. The molecule has 2 aromatic carbocycles. The third-order valence-electron chi connectivity index (χ3n) is 9.89. The van der Waals surface area contributed by atoms with Gasteiger partial charge in [-0.15, -0.1) is 5.10 Å². The topological polar surface area (TPSA) is 250 Å². The van der Waals surface area contributed by atoms with Gasteiger partial charge in [-0.2, -0.15) is 5.10 Å². The van der Waals surface area contributed by atoms with Gasteiger partial charge in [-0.3, -0.25) is 39.1 Å². The number of carbonyl (C=O) groups is 7. The molecule has 4 atom stereocenters. The number of nitrogens with one attached hydrogen (secondary N) is 2. The number of amides is 8. The largest absolute Gasteiger partial charge is 0.458 e. The highest BCUT2D eigenvalue weighted by Crippen LogP contribution is 2.50. The molecule has 4 aliphatic rings. The number of ether oxygens (including phenoxy) is 1. The van der Waals surface area contributed by atoms with E-state index in [0.717, 1.165) is 20.9 Å². The van der Waals surface area contributed by atoms with Crippen LogP contribution in [0.1, 0.15) is 24.1 Å². The number of nitro benzene ring substituents is 1. The number of esters is 1. The number of piperazine rings is 1. The highest BCUT2D eigenvalue weighted by atomic mass is 32.2. The van der Waals surface area contributed by atoms with Crippen LogP contribution in [0.4, 0.5) is 15.3 Å². The standard InChI is InChI=1S/C36H35N11O10S3/c1-2-42-14-15-43(31(51)30(42)50)34(53)40-26(23-7-4-3-5-8-23)28(48)39-27-29(49)44-21-36(59-32(27)44,33(52)57-20-22-9-11-24(12-10-22)47(55)56)45-16-17-46(35(45)54)38-13-6-18-58-25-19-37-41-60-25/h3-13,18-19,26-27,32H,2,14-17,20-21H2,1H3,(H,39,48)(H,40,53)/t26?,27-,32-,36-/m1/s1. The first-order chi connectivity index (χ1) is 28.9. The van der Waals surface area contributed by atoms with Gasteiger partial charge in [0.1, 0.15) is 28.3 Å². The average molecular weight is 878 g/mol. The minimum Gasteiger partial charge on any atom is -0.458 e. The number of likely N-dealkylation sites (N-methyl/N-ethyl adjacent to an activating group) is 1. The molecule has 0 saturated carbocycles. The minimum absolute atomic E-state index is 0.0163. The lowest BCUT2D eigenvalue weighted by molar-refractivity contribution is -0.384. The van der Waals surface area contributed by atoms with E-state index in [1.54, 1.807) is 54.9 Å². The lowest BCUT2D eigenvalue weighted by atomic mass is 10.0. The van der Waals surface area contributed by atoms with Crippen molar-refractivity contribution in [1.29, 1.82) is 0 Å². The van der Waals surface area contributed by atoms with Gasteiger partial charge >= 0.3 is 29.8 Å². The van der Waals surface area contributed by atoms with Gasteiger partial charge < -0.3 is 25.2 Å². The minimum atomic E-state index is -1.80. The number of allylic oxidation sites excluding steroid dienone is 1. The monoisotopic (exact) mass is 877 g/mol. The van der Waals surface area contributed by atoms with Crippen molar-refractivity contribution in [1.82, 2.24) is 44.8 Å². The molecule has 312 valence electrons. The van der Waals surface area contributed by atoms with Crippen molar-refractivity contribution in [2.45, 2.75) is 40.1 Å². The van der Waals surface area contributed by atoms with E-state index in [1.165, 1.54) is 73.5 Å². The number of nitrogens with zero attached hydrogens (tertiary/aromatic N) is 9. The van der Waals surface area contributed by atoms with Crippen LogP contribution in [-0.2, 0) is 35.3 Å². The summed E-state index contributed by atoms with van der Waals surface area (Å²) < 4.78 is 10.4. The van der Waals surface area contributed by atoms with Crippen LogP contribution >= 0.6 is 35.1 Å². The van der Waals surface area contributed by atoms with E-state index in [-0.39, 0.29) is 51.6 Å². The SMILES string of the molecule is CCN1CCN(C(=O)NC(C(=O)N[C@@H]2C(=O)N3C[C@@](C(=O)OCc4ccc([N+](=O)[O-])cc4)(N4CCN(N=CC=CSc5cnns5)C4=O)S[C@H]23)c2ccccc2)C(=O)C1=O. The molecule has 7 rings (SSSR count). The Hall–Kier alpha value is -6.40. The van der Waals surface area contributed by atoms with E-state index in [4.69, 9.17) is 4.74 Å². The summed E-state index contributed by atoms with van der Waals surface area (Å²) >= 11 is 3.50. The Bertz CT molecular complexity index is 2250. The van der Waals surface area contributed by atoms with Crippen molar-refractivity contribution in [2.24, 2.45) is 5.10 Å². The van der Waals surface area contributed by atoms with Crippen molar-refractivity contribution in [2.75, 3.05) is 39.3 Å². The molecule has 2 N–H and O–H groups in total. The maximum absolute atomic E-state index is 14.2. The van der Waals surface area contributed by atoms with Crippen LogP contribution in [0.15, 0.2) is 81.6 Å². The van der Waals surface area contributed by atoms with E-state index in [1.807, 2.05) is 0 Å². The third kappa shape index (κ3) is 8.37.